The molecule has 1 aliphatic rings. The van der Waals surface area contributed by atoms with Crippen LogP contribution in [0.3, 0.4) is 0 Å². The first-order valence-corrected chi connectivity index (χ1v) is 11.9. The smallest absolute Gasteiger partial charge is 0.258 e. The van der Waals surface area contributed by atoms with E-state index in [1.165, 1.54) is 11.3 Å². The normalized spacial score (nSPS) is 14.8. The average Bonchev–Trinajstić information content (AvgIpc) is 3.48. The Morgan fingerprint density at radius 3 is 2.70 bits per heavy atom. The monoisotopic (exact) mass is 484 g/mol. The predicted molar refractivity (Wildman–Crippen MR) is 124 cm³/mol. The standard InChI is InChI=1S/C22H21ClN6O3S/c23-16-3-1-15(2-4-16)21-25-18(32-26-21)5-6-19(30)28-9-7-27(8-10-28)14-17-13-20(31)29-11-12-33-22(29)24-17/h1-4,11-13H,5-10,14H2. The number of halogens is 1. The van der Waals surface area contributed by atoms with Crippen LogP contribution in [0.5, 0.6) is 0 Å². The molecule has 33 heavy (non-hydrogen) atoms. The Morgan fingerprint density at radius 2 is 1.91 bits per heavy atom. The van der Waals surface area contributed by atoms with E-state index in [1.54, 1.807) is 28.8 Å². The maximum Gasteiger partial charge on any atom is 0.258 e. The number of thiazole rings is 1. The highest BCUT2D eigenvalue weighted by molar-refractivity contribution is 7.15. The molecule has 3 aromatic heterocycles. The molecule has 1 aromatic carbocycles. The summed E-state index contributed by atoms with van der Waals surface area (Å²) in [4.78, 5) is 38.5. The Bertz CT molecular complexity index is 1320. The van der Waals surface area contributed by atoms with Crippen LogP contribution < -0.4 is 5.56 Å². The minimum Gasteiger partial charge on any atom is -0.340 e. The van der Waals surface area contributed by atoms with Crippen LogP contribution in [0.25, 0.3) is 16.3 Å². The number of nitrogens with zero attached hydrogens (tertiary/aromatic N) is 6. The van der Waals surface area contributed by atoms with Gasteiger partial charge in [0, 0.05) is 73.8 Å². The third-order valence-corrected chi connectivity index (χ3v) is 6.60. The summed E-state index contributed by atoms with van der Waals surface area (Å²) in [5.74, 6) is 0.988. The van der Waals surface area contributed by atoms with Crippen LogP contribution in [0, 0.1) is 0 Å². The lowest BCUT2D eigenvalue weighted by atomic mass is 10.2. The van der Waals surface area contributed by atoms with E-state index in [4.69, 9.17) is 16.1 Å². The van der Waals surface area contributed by atoms with Gasteiger partial charge in [0.15, 0.2) is 4.96 Å². The first kappa shape index (κ1) is 21.7. The van der Waals surface area contributed by atoms with Gasteiger partial charge in [0.1, 0.15) is 0 Å². The summed E-state index contributed by atoms with van der Waals surface area (Å²) in [7, 11) is 0. The van der Waals surface area contributed by atoms with E-state index in [1.807, 2.05) is 22.4 Å². The maximum absolute atomic E-state index is 12.7. The molecule has 0 saturated carbocycles. The van der Waals surface area contributed by atoms with Crippen molar-refractivity contribution in [1.29, 1.82) is 0 Å². The summed E-state index contributed by atoms with van der Waals surface area (Å²) in [6, 6.07) is 8.77. The molecule has 1 amide bonds. The maximum atomic E-state index is 12.7. The van der Waals surface area contributed by atoms with Crippen molar-refractivity contribution < 1.29 is 9.32 Å². The van der Waals surface area contributed by atoms with Gasteiger partial charge in [0.2, 0.25) is 17.6 Å². The van der Waals surface area contributed by atoms with E-state index in [2.05, 4.69) is 20.0 Å². The van der Waals surface area contributed by atoms with Gasteiger partial charge in [0.25, 0.3) is 5.56 Å². The highest BCUT2D eigenvalue weighted by Gasteiger charge is 2.22. The Kier molecular flexibility index (Phi) is 6.21. The molecular formula is C22H21ClN6O3S. The predicted octanol–water partition coefficient (Wildman–Crippen LogP) is 2.74. The topological polar surface area (TPSA) is 96.8 Å². The van der Waals surface area contributed by atoms with Crippen molar-refractivity contribution in [2.75, 3.05) is 26.2 Å². The summed E-state index contributed by atoms with van der Waals surface area (Å²) >= 11 is 7.35. The SMILES string of the molecule is O=C(CCc1nc(-c2ccc(Cl)cc2)no1)N1CCN(Cc2cc(=O)n3ccsc3n2)CC1. The van der Waals surface area contributed by atoms with Gasteiger partial charge < -0.3 is 9.42 Å². The molecule has 4 aromatic rings. The number of aryl methyl sites for hydroxylation is 1. The molecular weight excluding hydrogens is 464 g/mol. The summed E-state index contributed by atoms with van der Waals surface area (Å²) in [6.45, 7) is 3.34. The largest absolute Gasteiger partial charge is 0.340 e. The summed E-state index contributed by atoms with van der Waals surface area (Å²) in [5.41, 5.74) is 1.51. The molecule has 5 rings (SSSR count). The lowest BCUT2D eigenvalue weighted by Crippen LogP contribution is -2.48. The second-order valence-corrected chi connectivity index (χ2v) is 9.13. The zero-order chi connectivity index (χ0) is 22.8. The number of hydrogen-bond acceptors (Lipinski definition) is 8. The van der Waals surface area contributed by atoms with E-state index in [9.17, 15) is 9.59 Å². The van der Waals surface area contributed by atoms with Crippen molar-refractivity contribution in [1.82, 2.24) is 29.3 Å². The van der Waals surface area contributed by atoms with Crippen molar-refractivity contribution in [3.8, 4) is 11.4 Å². The molecule has 0 N–H and O–H groups in total. The van der Waals surface area contributed by atoms with E-state index >= 15 is 0 Å². The van der Waals surface area contributed by atoms with Crippen LogP contribution in [0.15, 0.2) is 51.2 Å². The second-order valence-electron chi connectivity index (χ2n) is 7.82. The number of hydrogen-bond donors (Lipinski definition) is 0. The zero-order valence-electron chi connectivity index (χ0n) is 17.7. The number of amides is 1. The molecule has 0 radical (unpaired) electrons. The number of aromatic nitrogens is 4. The molecule has 1 fully saturated rings. The fourth-order valence-corrected chi connectivity index (χ4v) is 4.66. The molecule has 0 bridgehead atoms. The Hall–Kier alpha value is -3.08. The number of piperazine rings is 1. The van der Waals surface area contributed by atoms with Gasteiger partial charge in [-0.1, -0.05) is 16.8 Å². The molecule has 1 aliphatic heterocycles. The van der Waals surface area contributed by atoms with Gasteiger partial charge >= 0.3 is 0 Å². The van der Waals surface area contributed by atoms with Crippen LogP contribution >= 0.6 is 22.9 Å². The van der Waals surface area contributed by atoms with Crippen LogP contribution in [0.1, 0.15) is 18.0 Å². The number of benzene rings is 1. The van der Waals surface area contributed by atoms with E-state index in [-0.39, 0.29) is 11.5 Å². The lowest BCUT2D eigenvalue weighted by Gasteiger charge is -2.34. The third-order valence-electron chi connectivity index (χ3n) is 5.59. The van der Waals surface area contributed by atoms with Gasteiger partial charge in [-0.05, 0) is 24.3 Å². The number of rotatable bonds is 6. The van der Waals surface area contributed by atoms with Crippen LogP contribution in [-0.4, -0.2) is 61.4 Å². The van der Waals surface area contributed by atoms with Crippen LogP contribution in [0.2, 0.25) is 5.02 Å². The Balaban J connectivity index is 1.11. The summed E-state index contributed by atoms with van der Waals surface area (Å²) < 4.78 is 6.85. The number of carbonyl (C=O) groups is 1. The van der Waals surface area contributed by atoms with Crippen molar-refractivity contribution >= 4 is 33.8 Å². The van der Waals surface area contributed by atoms with Gasteiger partial charge in [-0.2, -0.15) is 4.98 Å². The fourth-order valence-electron chi connectivity index (χ4n) is 3.80. The van der Waals surface area contributed by atoms with Crippen LogP contribution in [0.4, 0.5) is 0 Å². The van der Waals surface area contributed by atoms with Crippen molar-refractivity contribution in [3.05, 3.63) is 68.9 Å². The molecule has 9 nitrogen and oxygen atoms in total. The van der Waals surface area contributed by atoms with Crippen molar-refractivity contribution in [2.45, 2.75) is 19.4 Å². The lowest BCUT2D eigenvalue weighted by molar-refractivity contribution is -0.133. The third kappa shape index (κ3) is 4.97. The molecule has 0 atom stereocenters. The molecule has 1 saturated heterocycles. The molecule has 0 spiro atoms. The first-order valence-electron chi connectivity index (χ1n) is 10.6. The van der Waals surface area contributed by atoms with Gasteiger partial charge in [-0.25, -0.2) is 4.98 Å². The molecule has 0 aliphatic carbocycles. The zero-order valence-corrected chi connectivity index (χ0v) is 19.3. The first-order chi connectivity index (χ1) is 16.0. The van der Waals surface area contributed by atoms with Gasteiger partial charge in [-0.3, -0.25) is 18.9 Å². The minimum absolute atomic E-state index is 0.0645. The van der Waals surface area contributed by atoms with E-state index in [0.717, 1.165) is 24.3 Å². The van der Waals surface area contributed by atoms with Crippen molar-refractivity contribution in [2.24, 2.45) is 0 Å². The number of fused-ring (bicyclic) bond motifs is 1. The van der Waals surface area contributed by atoms with Gasteiger partial charge in [0.05, 0.1) is 5.69 Å². The van der Waals surface area contributed by atoms with Crippen LogP contribution in [-0.2, 0) is 17.8 Å². The second kappa shape index (κ2) is 9.42. The van der Waals surface area contributed by atoms with Gasteiger partial charge in [-0.15, -0.1) is 11.3 Å². The quantitative estimate of drug-likeness (QED) is 0.415. The molecule has 170 valence electrons. The summed E-state index contributed by atoms with van der Waals surface area (Å²) in [6.07, 6.45) is 2.44. The Labute approximate surface area is 198 Å². The highest BCUT2D eigenvalue weighted by Crippen LogP contribution is 2.19. The summed E-state index contributed by atoms with van der Waals surface area (Å²) in [5, 5.41) is 6.48. The highest BCUT2D eigenvalue weighted by atomic mass is 35.5. The van der Waals surface area contributed by atoms with E-state index < -0.39 is 0 Å². The van der Waals surface area contributed by atoms with Crippen molar-refractivity contribution in [3.63, 3.8) is 0 Å². The average molecular weight is 485 g/mol. The number of carbonyl (C=O) groups excluding carboxylic acids is 1. The Morgan fingerprint density at radius 1 is 1.12 bits per heavy atom. The van der Waals surface area contributed by atoms with E-state index in [0.29, 0.717) is 54.2 Å². The molecule has 11 heteroatoms. The minimum atomic E-state index is -0.0645. The fraction of sp³-hybridized carbons (Fsp3) is 0.318. The molecule has 0 unspecified atom stereocenters. The molecule has 4 heterocycles.